The Kier molecular flexibility index (Phi) is 5.19. The van der Waals surface area contributed by atoms with Crippen LogP contribution in [-0.2, 0) is 6.42 Å². The van der Waals surface area contributed by atoms with Crippen molar-refractivity contribution in [1.82, 2.24) is 4.90 Å². The van der Waals surface area contributed by atoms with Crippen LogP contribution >= 0.6 is 0 Å². The average Bonchev–Trinajstić information content (AvgIpc) is 2.47. The molecule has 0 aromatic heterocycles. The smallest absolute Gasteiger partial charge is 0.118 e. The molecule has 0 aliphatic rings. The van der Waals surface area contributed by atoms with Crippen LogP contribution in [0.5, 0.6) is 5.75 Å². The molecule has 0 fully saturated rings. The Hall–Kier alpha value is -1.80. The fourth-order valence-electron chi connectivity index (χ4n) is 2.38. The van der Waals surface area contributed by atoms with Crippen LogP contribution in [0.15, 0.2) is 48.5 Å². The molecule has 2 aromatic carbocycles. The van der Waals surface area contributed by atoms with Crippen molar-refractivity contribution in [2.45, 2.75) is 12.8 Å². The third kappa shape index (κ3) is 3.84. The molecule has 2 nitrogen and oxygen atoms in total. The van der Waals surface area contributed by atoms with Crippen molar-refractivity contribution in [3.8, 4) is 16.9 Å². The first-order valence-electron chi connectivity index (χ1n) is 7.08. The summed E-state index contributed by atoms with van der Waals surface area (Å²) in [6.07, 6.45) is 2.29. The molecule has 0 amide bonds. The second-order valence-electron chi connectivity index (χ2n) is 5.29. The minimum atomic E-state index is 0.902. The minimum absolute atomic E-state index is 0.902. The molecule has 0 unspecified atom stereocenters. The highest BCUT2D eigenvalue weighted by Gasteiger charge is 2.05. The van der Waals surface area contributed by atoms with Gasteiger partial charge in [-0.3, -0.25) is 0 Å². The van der Waals surface area contributed by atoms with Crippen molar-refractivity contribution in [2.24, 2.45) is 0 Å². The first-order chi connectivity index (χ1) is 9.70. The summed E-state index contributed by atoms with van der Waals surface area (Å²) in [5.41, 5.74) is 4.00. The Morgan fingerprint density at radius 3 is 2.30 bits per heavy atom. The summed E-state index contributed by atoms with van der Waals surface area (Å²) < 4.78 is 5.22. The molecule has 106 valence electrons. The molecule has 0 heterocycles. The van der Waals surface area contributed by atoms with Gasteiger partial charge in [-0.1, -0.05) is 36.4 Å². The van der Waals surface area contributed by atoms with Gasteiger partial charge in [-0.15, -0.1) is 0 Å². The lowest BCUT2D eigenvalue weighted by Crippen LogP contribution is -2.13. The quantitative estimate of drug-likeness (QED) is 0.789. The van der Waals surface area contributed by atoms with Crippen LogP contribution in [-0.4, -0.2) is 32.6 Å². The van der Waals surface area contributed by atoms with Crippen molar-refractivity contribution in [3.05, 3.63) is 54.1 Å². The van der Waals surface area contributed by atoms with Crippen LogP contribution in [0.4, 0.5) is 0 Å². The second-order valence-corrected chi connectivity index (χ2v) is 5.29. The molecule has 2 heteroatoms. The van der Waals surface area contributed by atoms with E-state index in [0.717, 1.165) is 18.7 Å². The Labute approximate surface area is 122 Å². The zero-order chi connectivity index (χ0) is 14.4. The molecule has 2 rings (SSSR count). The van der Waals surface area contributed by atoms with Gasteiger partial charge in [-0.05, 0) is 62.3 Å². The molecule has 2 aromatic rings. The number of nitrogens with zero attached hydrogens (tertiary/aromatic N) is 1. The normalized spacial score (nSPS) is 10.8. The van der Waals surface area contributed by atoms with E-state index in [0.29, 0.717) is 0 Å². The molecule has 0 saturated carbocycles. The molecular formula is C18H23NO. The van der Waals surface area contributed by atoms with Crippen LogP contribution in [0.25, 0.3) is 11.1 Å². The third-order valence-corrected chi connectivity index (χ3v) is 3.47. The number of ether oxygens (including phenoxy) is 1. The molecule has 0 radical (unpaired) electrons. The lowest BCUT2D eigenvalue weighted by molar-refractivity contribution is 0.400. The van der Waals surface area contributed by atoms with Crippen LogP contribution in [0.1, 0.15) is 12.0 Å². The van der Waals surface area contributed by atoms with E-state index in [1.807, 2.05) is 12.1 Å². The highest BCUT2D eigenvalue weighted by atomic mass is 16.5. The second kappa shape index (κ2) is 7.11. The predicted octanol–water partition coefficient (Wildman–Crippen LogP) is 3.86. The zero-order valence-corrected chi connectivity index (χ0v) is 12.6. The highest BCUT2D eigenvalue weighted by molar-refractivity contribution is 5.68. The monoisotopic (exact) mass is 269 g/mol. The van der Waals surface area contributed by atoms with Crippen LogP contribution in [0.3, 0.4) is 0 Å². The SMILES string of the molecule is COc1ccc(-c2ccccc2CCCN(C)C)cc1. The maximum Gasteiger partial charge on any atom is 0.118 e. The number of hydrogen-bond acceptors (Lipinski definition) is 2. The maximum atomic E-state index is 5.22. The van der Waals surface area contributed by atoms with Gasteiger partial charge in [0.05, 0.1) is 7.11 Å². The summed E-state index contributed by atoms with van der Waals surface area (Å²) in [5, 5.41) is 0. The van der Waals surface area contributed by atoms with Gasteiger partial charge in [0.1, 0.15) is 5.75 Å². The van der Waals surface area contributed by atoms with Crippen LogP contribution < -0.4 is 4.74 Å². The summed E-state index contributed by atoms with van der Waals surface area (Å²) in [6.45, 7) is 1.12. The fraction of sp³-hybridized carbons (Fsp3) is 0.333. The number of rotatable bonds is 6. The molecule has 0 aliphatic heterocycles. The first kappa shape index (κ1) is 14.6. The van der Waals surface area contributed by atoms with E-state index < -0.39 is 0 Å². The number of hydrogen-bond donors (Lipinski definition) is 0. The van der Waals surface area contributed by atoms with Crippen molar-refractivity contribution >= 4 is 0 Å². The van der Waals surface area contributed by atoms with E-state index in [4.69, 9.17) is 4.74 Å². The molecule has 0 spiro atoms. The molecule has 0 aliphatic carbocycles. The van der Waals surface area contributed by atoms with Gasteiger partial charge < -0.3 is 9.64 Å². The molecule has 0 atom stereocenters. The van der Waals surface area contributed by atoms with Crippen molar-refractivity contribution in [3.63, 3.8) is 0 Å². The lowest BCUT2D eigenvalue weighted by atomic mass is 9.96. The standard InChI is InChI=1S/C18H23NO/c1-19(2)14-6-8-15-7-4-5-9-18(15)16-10-12-17(20-3)13-11-16/h4-5,7,9-13H,6,8,14H2,1-3H3. The molecule has 20 heavy (non-hydrogen) atoms. The van der Waals surface area contributed by atoms with E-state index >= 15 is 0 Å². The van der Waals surface area contributed by atoms with E-state index in [1.54, 1.807) is 7.11 Å². The summed E-state index contributed by atoms with van der Waals surface area (Å²) in [4.78, 5) is 2.23. The summed E-state index contributed by atoms with van der Waals surface area (Å²) in [6, 6.07) is 17.0. The Balaban J connectivity index is 2.17. The van der Waals surface area contributed by atoms with Crippen LogP contribution in [0, 0.1) is 0 Å². The van der Waals surface area contributed by atoms with Crippen molar-refractivity contribution in [1.29, 1.82) is 0 Å². The zero-order valence-electron chi connectivity index (χ0n) is 12.6. The summed E-state index contributed by atoms with van der Waals surface area (Å²) in [7, 11) is 5.94. The van der Waals surface area contributed by atoms with Crippen molar-refractivity contribution in [2.75, 3.05) is 27.7 Å². The van der Waals surface area contributed by atoms with E-state index in [1.165, 1.54) is 23.1 Å². The third-order valence-electron chi connectivity index (χ3n) is 3.47. The summed E-state index contributed by atoms with van der Waals surface area (Å²) in [5.74, 6) is 0.902. The molecule has 0 bridgehead atoms. The Morgan fingerprint density at radius 2 is 1.65 bits per heavy atom. The van der Waals surface area contributed by atoms with Gasteiger partial charge in [0.2, 0.25) is 0 Å². The van der Waals surface area contributed by atoms with Gasteiger partial charge in [-0.25, -0.2) is 0 Å². The number of aryl methyl sites for hydroxylation is 1. The largest absolute Gasteiger partial charge is 0.497 e. The van der Waals surface area contributed by atoms with Gasteiger partial charge in [0.15, 0.2) is 0 Å². The van der Waals surface area contributed by atoms with E-state index in [2.05, 4.69) is 55.4 Å². The minimum Gasteiger partial charge on any atom is -0.497 e. The number of methoxy groups -OCH3 is 1. The lowest BCUT2D eigenvalue weighted by Gasteiger charge is -2.12. The van der Waals surface area contributed by atoms with Gasteiger partial charge in [-0.2, -0.15) is 0 Å². The first-order valence-corrected chi connectivity index (χ1v) is 7.08. The topological polar surface area (TPSA) is 12.5 Å². The Bertz CT molecular complexity index is 531. The van der Waals surface area contributed by atoms with Gasteiger partial charge >= 0.3 is 0 Å². The molecular weight excluding hydrogens is 246 g/mol. The summed E-state index contributed by atoms with van der Waals surface area (Å²) >= 11 is 0. The van der Waals surface area contributed by atoms with Crippen molar-refractivity contribution < 1.29 is 4.74 Å². The van der Waals surface area contributed by atoms with Gasteiger partial charge in [0, 0.05) is 0 Å². The molecule has 0 N–H and O–H groups in total. The average molecular weight is 269 g/mol. The fourth-order valence-corrected chi connectivity index (χ4v) is 2.38. The maximum absolute atomic E-state index is 5.22. The van der Waals surface area contributed by atoms with E-state index in [-0.39, 0.29) is 0 Å². The van der Waals surface area contributed by atoms with Gasteiger partial charge in [0.25, 0.3) is 0 Å². The highest BCUT2D eigenvalue weighted by Crippen LogP contribution is 2.26. The number of benzene rings is 2. The Morgan fingerprint density at radius 1 is 0.950 bits per heavy atom. The van der Waals surface area contributed by atoms with Crippen LogP contribution in [0.2, 0.25) is 0 Å². The predicted molar refractivity (Wildman–Crippen MR) is 85.3 cm³/mol. The molecule has 0 saturated heterocycles. The van der Waals surface area contributed by atoms with E-state index in [9.17, 15) is 0 Å².